The van der Waals surface area contributed by atoms with E-state index >= 15 is 0 Å². The summed E-state index contributed by atoms with van der Waals surface area (Å²) in [4.78, 5) is 28.3. The van der Waals surface area contributed by atoms with Crippen LogP contribution in [-0.2, 0) is 9.59 Å². The maximum atomic E-state index is 12.1. The van der Waals surface area contributed by atoms with Gasteiger partial charge in [0.15, 0.2) is 5.78 Å². The van der Waals surface area contributed by atoms with Gasteiger partial charge >= 0.3 is 0 Å². The van der Waals surface area contributed by atoms with Crippen molar-refractivity contribution in [1.29, 1.82) is 0 Å². The summed E-state index contributed by atoms with van der Waals surface area (Å²) in [7, 11) is 0. The Hall–Kier alpha value is -0.980. The van der Waals surface area contributed by atoms with E-state index in [2.05, 4.69) is 20.4 Å². The first-order valence-corrected chi connectivity index (χ1v) is 7.94. The molecule has 2 aliphatic rings. The highest BCUT2D eigenvalue weighted by Crippen LogP contribution is 2.09. The second kappa shape index (κ2) is 7.33. The summed E-state index contributed by atoms with van der Waals surface area (Å²) in [6.45, 7) is 11.9. The van der Waals surface area contributed by atoms with Crippen LogP contribution in [0.2, 0.25) is 0 Å². The number of carbonyl (C=O) groups is 2. The fourth-order valence-corrected chi connectivity index (χ4v) is 2.98. The zero-order chi connectivity index (χ0) is 15.4. The predicted molar refractivity (Wildman–Crippen MR) is 82.1 cm³/mol. The van der Waals surface area contributed by atoms with Crippen LogP contribution in [-0.4, -0.2) is 79.4 Å². The van der Waals surface area contributed by atoms with E-state index in [-0.39, 0.29) is 23.7 Å². The summed E-state index contributed by atoms with van der Waals surface area (Å²) < 4.78 is 0. The SMILES string of the molecule is CC(=O)C(NC(=O)CN1CCN(C2CNC2)CC1)C(C)C. The van der Waals surface area contributed by atoms with Crippen molar-refractivity contribution in [3.05, 3.63) is 0 Å². The highest BCUT2D eigenvalue weighted by atomic mass is 16.2. The predicted octanol–water partition coefficient (Wildman–Crippen LogP) is -0.694. The minimum absolute atomic E-state index is 0.0284. The van der Waals surface area contributed by atoms with E-state index in [0.717, 1.165) is 39.3 Å². The van der Waals surface area contributed by atoms with E-state index in [4.69, 9.17) is 0 Å². The molecule has 1 unspecified atom stereocenters. The molecule has 0 saturated carbocycles. The zero-order valence-electron chi connectivity index (χ0n) is 13.4. The van der Waals surface area contributed by atoms with Gasteiger partial charge in [0.25, 0.3) is 0 Å². The van der Waals surface area contributed by atoms with E-state index in [9.17, 15) is 9.59 Å². The number of piperazine rings is 1. The minimum Gasteiger partial charge on any atom is -0.345 e. The monoisotopic (exact) mass is 296 g/mol. The quantitative estimate of drug-likeness (QED) is 0.679. The lowest BCUT2D eigenvalue weighted by molar-refractivity contribution is -0.128. The molecule has 2 N–H and O–H groups in total. The topological polar surface area (TPSA) is 64.7 Å². The molecule has 1 amide bonds. The molecule has 2 aliphatic heterocycles. The minimum atomic E-state index is -0.361. The third-order valence-electron chi connectivity index (χ3n) is 4.47. The maximum Gasteiger partial charge on any atom is 0.234 e. The van der Waals surface area contributed by atoms with Crippen LogP contribution in [0.4, 0.5) is 0 Å². The molecular weight excluding hydrogens is 268 g/mol. The van der Waals surface area contributed by atoms with Crippen molar-refractivity contribution in [1.82, 2.24) is 20.4 Å². The molecule has 0 aromatic rings. The number of Topliss-reactive ketones (excluding diaryl/α,β-unsaturated/α-hetero) is 1. The highest BCUT2D eigenvalue weighted by molar-refractivity contribution is 5.88. The van der Waals surface area contributed by atoms with Crippen molar-refractivity contribution in [2.24, 2.45) is 5.92 Å². The lowest BCUT2D eigenvalue weighted by atomic mass is 10.0. The van der Waals surface area contributed by atoms with Gasteiger partial charge < -0.3 is 10.6 Å². The van der Waals surface area contributed by atoms with Crippen molar-refractivity contribution in [3.8, 4) is 0 Å². The Labute approximate surface area is 127 Å². The maximum absolute atomic E-state index is 12.1. The number of hydrogen-bond donors (Lipinski definition) is 2. The molecule has 0 spiro atoms. The van der Waals surface area contributed by atoms with Crippen molar-refractivity contribution in [3.63, 3.8) is 0 Å². The van der Waals surface area contributed by atoms with Crippen LogP contribution in [0.15, 0.2) is 0 Å². The first-order valence-electron chi connectivity index (χ1n) is 7.94. The summed E-state index contributed by atoms with van der Waals surface area (Å²) in [6.07, 6.45) is 0. The van der Waals surface area contributed by atoms with E-state index in [1.807, 2.05) is 13.8 Å². The molecule has 21 heavy (non-hydrogen) atoms. The molecule has 0 aliphatic carbocycles. The summed E-state index contributed by atoms with van der Waals surface area (Å²) in [6, 6.07) is 0.323. The number of rotatable bonds is 6. The molecule has 0 radical (unpaired) electrons. The van der Waals surface area contributed by atoms with Crippen LogP contribution in [0.1, 0.15) is 20.8 Å². The van der Waals surface area contributed by atoms with Gasteiger partial charge in [0.1, 0.15) is 0 Å². The molecule has 6 nitrogen and oxygen atoms in total. The molecule has 0 aromatic heterocycles. The van der Waals surface area contributed by atoms with E-state index < -0.39 is 0 Å². The number of amides is 1. The standard InChI is InChI=1S/C15H28N4O2/c1-11(2)15(12(3)20)17-14(21)10-18-4-6-19(7-5-18)13-8-16-9-13/h11,13,15-16H,4-10H2,1-3H3,(H,17,21). The Bertz CT molecular complexity index is 374. The summed E-state index contributed by atoms with van der Waals surface area (Å²) in [5, 5.41) is 6.16. The molecule has 0 aromatic carbocycles. The molecule has 120 valence electrons. The fraction of sp³-hybridized carbons (Fsp3) is 0.867. The molecular formula is C15H28N4O2. The van der Waals surface area contributed by atoms with Gasteiger partial charge in [-0.15, -0.1) is 0 Å². The molecule has 6 heteroatoms. The van der Waals surface area contributed by atoms with Crippen LogP contribution >= 0.6 is 0 Å². The van der Waals surface area contributed by atoms with Crippen molar-refractivity contribution in [2.45, 2.75) is 32.9 Å². The lowest BCUT2D eigenvalue weighted by Crippen LogP contribution is -2.62. The highest BCUT2D eigenvalue weighted by Gasteiger charge is 2.28. The number of nitrogens with zero attached hydrogens (tertiary/aromatic N) is 2. The molecule has 2 rings (SSSR count). The van der Waals surface area contributed by atoms with Gasteiger partial charge in [-0.3, -0.25) is 19.4 Å². The van der Waals surface area contributed by atoms with Crippen molar-refractivity contribution < 1.29 is 9.59 Å². The zero-order valence-corrected chi connectivity index (χ0v) is 13.4. The Morgan fingerprint density at radius 3 is 2.24 bits per heavy atom. The Kier molecular flexibility index (Phi) is 5.72. The molecule has 2 heterocycles. The van der Waals surface area contributed by atoms with Crippen LogP contribution in [0.3, 0.4) is 0 Å². The Balaban J connectivity index is 1.72. The van der Waals surface area contributed by atoms with E-state index in [1.54, 1.807) is 0 Å². The normalized spacial score (nSPS) is 22.9. The van der Waals surface area contributed by atoms with Gasteiger partial charge in [-0.2, -0.15) is 0 Å². The second-order valence-corrected chi connectivity index (χ2v) is 6.52. The number of ketones is 1. The molecule has 0 bridgehead atoms. The van der Waals surface area contributed by atoms with E-state index in [1.165, 1.54) is 6.92 Å². The third-order valence-corrected chi connectivity index (χ3v) is 4.47. The summed E-state index contributed by atoms with van der Waals surface area (Å²) >= 11 is 0. The Morgan fingerprint density at radius 2 is 1.81 bits per heavy atom. The van der Waals surface area contributed by atoms with Gasteiger partial charge in [-0.25, -0.2) is 0 Å². The first-order chi connectivity index (χ1) is 9.97. The lowest BCUT2D eigenvalue weighted by Gasteiger charge is -2.43. The van der Waals surface area contributed by atoms with Crippen LogP contribution in [0.5, 0.6) is 0 Å². The number of carbonyl (C=O) groups excluding carboxylic acids is 2. The first kappa shape index (κ1) is 16.4. The Morgan fingerprint density at radius 1 is 1.19 bits per heavy atom. The van der Waals surface area contributed by atoms with Gasteiger partial charge in [0, 0.05) is 45.3 Å². The third kappa shape index (κ3) is 4.49. The van der Waals surface area contributed by atoms with Gasteiger partial charge in [0.2, 0.25) is 5.91 Å². The second-order valence-electron chi connectivity index (χ2n) is 6.52. The average molecular weight is 296 g/mol. The molecule has 2 saturated heterocycles. The molecule has 1 atom stereocenters. The van der Waals surface area contributed by atoms with Crippen LogP contribution in [0, 0.1) is 5.92 Å². The van der Waals surface area contributed by atoms with Gasteiger partial charge in [0.05, 0.1) is 12.6 Å². The largest absolute Gasteiger partial charge is 0.345 e. The van der Waals surface area contributed by atoms with Crippen LogP contribution < -0.4 is 10.6 Å². The van der Waals surface area contributed by atoms with Crippen molar-refractivity contribution >= 4 is 11.7 Å². The van der Waals surface area contributed by atoms with Crippen LogP contribution in [0.25, 0.3) is 0 Å². The summed E-state index contributed by atoms with van der Waals surface area (Å²) in [5.41, 5.74) is 0. The van der Waals surface area contributed by atoms with Crippen molar-refractivity contribution in [2.75, 3.05) is 45.8 Å². The summed E-state index contributed by atoms with van der Waals surface area (Å²) in [5.74, 6) is 0.123. The van der Waals surface area contributed by atoms with Gasteiger partial charge in [-0.1, -0.05) is 13.8 Å². The molecule has 2 fully saturated rings. The smallest absolute Gasteiger partial charge is 0.234 e. The average Bonchev–Trinajstić information content (AvgIpc) is 2.35. The van der Waals surface area contributed by atoms with Gasteiger partial charge in [-0.05, 0) is 12.8 Å². The fourth-order valence-electron chi connectivity index (χ4n) is 2.98. The van der Waals surface area contributed by atoms with E-state index in [0.29, 0.717) is 12.6 Å². The number of nitrogens with one attached hydrogen (secondary N) is 2. The number of hydrogen-bond acceptors (Lipinski definition) is 5.